The van der Waals surface area contributed by atoms with Crippen LogP contribution in [0.25, 0.3) is 11.2 Å². The molecular weight excluding hydrogens is 252 g/mol. The predicted octanol–water partition coefficient (Wildman–Crippen LogP) is 1.57. The molecule has 0 radical (unpaired) electrons. The third-order valence-corrected chi connectivity index (χ3v) is 3.16. The summed E-state index contributed by atoms with van der Waals surface area (Å²) in [4.78, 5) is 20.2. The molecule has 0 saturated carbocycles. The number of fused-ring (bicyclic) bond motifs is 1. The van der Waals surface area contributed by atoms with E-state index >= 15 is 0 Å². The standard InChI is InChI=1S/C12H15ClN4O/c1-7-4-6-15-12-10(7)16-9(3-5-13)17(12)8(2)11(14)18/h4,6,8H,3,5H2,1-2H3,(H2,14,18). The molecule has 96 valence electrons. The Hall–Kier alpha value is -1.62. The lowest BCUT2D eigenvalue weighted by molar-refractivity contribution is -0.120. The zero-order valence-electron chi connectivity index (χ0n) is 10.4. The van der Waals surface area contributed by atoms with Crippen LogP contribution >= 0.6 is 11.6 Å². The van der Waals surface area contributed by atoms with Crippen molar-refractivity contribution in [1.29, 1.82) is 0 Å². The van der Waals surface area contributed by atoms with Crippen LogP contribution in [0, 0.1) is 6.92 Å². The van der Waals surface area contributed by atoms with Crippen molar-refractivity contribution in [3.63, 3.8) is 0 Å². The van der Waals surface area contributed by atoms with E-state index in [-0.39, 0.29) is 0 Å². The van der Waals surface area contributed by atoms with Crippen molar-refractivity contribution in [2.24, 2.45) is 5.73 Å². The average molecular weight is 267 g/mol. The van der Waals surface area contributed by atoms with Crippen molar-refractivity contribution in [3.05, 3.63) is 23.7 Å². The van der Waals surface area contributed by atoms with E-state index in [4.69, 9.17) is 17.3 Å². The highest BCUT2D eigenvalue weighted by Gasteiger charge is 2.20. The molecule has 2 aromatic heterocycles. The van der Waals surface area contributed by atoms with Crippen molar-refractivity contribution in [1.82, 2.24) is 14.5 Å². The maximum Gasteiger partial charge on any atom is 0.240 e. The summed E-state index contributed by atoms with van der Waals surface area (Å²) in [6.45, 7) is 3.70. The summed E-state index contributed by atoms with van der Waals surface area (Å²) in [5, 5.41) is 0. The van der Waals surface area contributed by atoms with E-state index in [1.54, 1.807) is 17.7 Å². The van der Waals surface area contributed by atoms with Crippen molar-refractivity contribution in [2.45, 2.75) is 26.3 Å². The fraction of sp³-hybridized carbons (Fsp3) is 0.417. The molecule has 0 fully saturated rings. The van der Waals surface area contributed by atoms with E-state index in [9.17, 15) is 4.79 Å². The van der Waals surface area contributed by atoms with Crippen molar-refractivity contribution in [2.75, 3.05) is 5.88 Å². The second-order valence-corrected chi connectivity index (χ2v) is 4.59. The highest BCUT2D eigenvalue weighted by molar-refractivity contribution is 6.17. The molecule has 0 aliphatic rings. The number of hydrogen-bond donors (Lipinski definition) is 1. The topological polar surface area (TPSA) is 73.8 Å². The first-order valence-corrected chi connectivity index (χ1v) is 6.27. The van der Waals surface area contributed by atoms with Crippen LogP contribution in [-0.4, -0.2) is 26.3 Å². The number of aryl methyl sites for hydroxylation is 2. The van der Waals surface area contributed by atoms with E-state index in [1.807, 2.05) is 13.0 Å². The van der Waals surface area contributed by atoms with Crippen LogP contribution in [0.2, 0.25) is 0 Å². The SMILES string of the molecule is Cc1ccnc2c1nc(CCCl)n2C(C)C(N)=O. The molecule has 2 heterocycles. The van der Waals surface area contributed by atoms with Gasteiger partial charge in [0.1, 0.15) is 17.4 Å². The molecule has 1 atom stereocenters. The monoisotopic (exact) mass is 266 g/mol. The molecule has 5 nitrogen and oxygen atoms in total. The number of amides is 1. The van der Waals surface area contributed by atoms with Gasteiger partial charge in [0.05, 0.1) is 0 Å². The Bertz CT molecular complexity index is 593. The molecular formula is C12H15ClN4O. The number of hydrogen-bond acceptors (Lipinski definition) is 3. The van der Waals surface area contributed by atoms with Gasteiger partial charge in [-0.1, -0.05) is 0 Å². The number of primary amides is 1. The first kappa shape index (κ1) is 12.8. The fourth-order valence-corrected chi connectivity index (χ4v) is 2.12. The summed E-state index contributed by atoms with van der Waals surface area (Å²) in [5.41, 5.74) is 7.87. The normalized spacial score (nSPS) is 12.8. The molecule has 18 heavy (non-hydrogen) atoms. The van der Waals surface area contributed by atoms with Crippen molar-refractivity contribution >= 4 is 28.7 Å². The van der Waals surface area contributed by atoms with Crippen LogP contribution in [0.1, 0.15) is 24.4 Å². The summed E-state index contributed by atoms with van der Waals surface area (Å²) in [6, 6.07) is 1.40. The van der Waals surface area contributed by atoms with Gasteiger partial charge in [0.2, 0.25) is 5.91 Å². The molecule has 2 aromatic rings. The number of imidazole rings is 1. The molecule has 0 aliphatic heterocycles. The minimum absolute atomic E-state index is 0.409. The molecule has 0 aliphatic carbocycles. The van der Waals surface area contributed by atoms with Crippen LogP contribution in [0.3, 0.4) is 0 Å². The van der Waals surface area contributed by atoms with Crippen LogP contribution in [0.4, 0.5) is 0 Å². The summed E-state index contributed by atoms with van der Waals surface area (Å²) in [6.07, 6.45) is 2.28. The van der Waals surface area contributed by atoms with E-state index in [0.29, 0.717) is 17.9 Å². The number of alkyl halides is 1. The maximum absolute atomic E-state index is 11.4. The molecule has 2 N–H and O–H groups in total. The molecule has 0 bridgehead atoms. The zero-order chi connectivity index (χ0) is 13.3. The van der Waals surface area contributed by atoms with Gasteiger partial charge in [-0.3, -0.25) is 4.79 Å². The molecule has 2 rings (SSSR count). The number of nitrogens with zero attached hydrogens (tertiary/aromatic N) is 3. The van der Waals surface area contributed by atoms with Gasteiger partial charge in [-0.25, -0.2) is 9.97 Å². The van der Waals surface area contributed by atoms with Gasteiger partial charge in [-0.15, -0.1) is 11.6 Å². The Balaban J connectivity index is 2.70. The largest absolute Gasteiger partial charge is 0.368 e. The van der Waals surface area contributed by atoms with Crippen LogP contribution in [-0.2, 0) is 11.2 Å². The fourth-order valence-electron chi connectivity index (χ4n) is 1.95. The summed E-state index contributed by atoms with van der Waals surface area (Å²) in [5.74, 6) is 0.773. The van der Waals surface area contributed by atoms with E-state index in [2.05, 4.69) is 9.97 Å². The Morgan fingerprint density at radius 1 is 1.61 bits per heavy atom. The van der Waals surface area contributed by atoms with Crippen molar-refractivity contribution < 1.29 is 4.79 Å². The number of carbonyl (C=O) groups excluding carboxylic acids is 1. The van der Waals surface area contributed by atoms with Gasteiger partial charge in [-0.05, 0) is 25.5 Å². The van der Waals surface area contributed by atoms with Crippen LogP contribution < -0.4 is 5.73 Å². The lowest BCUT2D eigenvalue weighted by Crippen LogP contribution is -2.25. The van der Waals surface area contributed by atoms with Crippen LogP contribution in [0.5, 0.6) is 0 Å². The van der Waals surface area contributed by atoms with Gasteiger partial charge in [-0.2, -0.15) is 0 Å². The smallest absolute Gasteiger partial charge is 0.240 e. The minimum atomic E-state index is -0.484. The lowest BCUT2D eigenvalue weighted by atomic mass is 10.2. The Kier molecular flexibility index (Phi) is 3.52. The van der Waals surface area contributed by atoms with Gasteiger partial charge >= 0.3 is 0 Å². The number of rotatable bonds is 4. The second kappa shape index (κ2) is 4.94. The van der Waals surface area contributed by atoms with E-state index in [0.717, 1.165) is 16.9 Å². The second-order valence-electron chi connectivity index (χ2n) is 4.22. The van der Waals surface area contributed by atoms with E-state index in [1.165, 1.54) is 0 Å². The molecule has 0 aromatic carbocycles. The van der Waals surface area contributed by atoms with Gasteiger partial charge in [0.15, 0.2) is 5.65 Å². The molecule has 0 spiro atoms. The van der Waals surface area contributed by atoms with Crippen LogP contribution in [0.15, 0.2) is 12.3 Å². The lowest BCUT2D eigenvalue weighted by Gasteiger charge is -2.13. The molecule has 6 heteroatoms. The first-order chi connectivity index (χ1) is 8.56. The Labute approximate surface area is 110 Å². The van der Waals surface area contributed by atoms with Crippen molar-refractivity contribution in [3.8, 4) is 0 Å². The summed E-state index contributed by atoms with van der Waals surface area (Å²) < 4.78 is 1.77. The summed E-state index contributed by atoms with van der Waals surface area (Å²) >= 11 is 5.77. The number of nitrogens with two attached hydrogens (primary N) is 1. The van der Waals surface area contributed by atoms with Gasteiger partial charge < -0.3 is 10.3 Å². The summed E-state index contributed by atoms with van der Waals surface area (Å²) in [7, 11) is 0. The average Bonchev–Trinajstić information content (AvgIpc) is 2.68. The third kappa shape index (κ3) is 2.06. The Morgan fingerprint density at radius 2 is 2.33 bits per heavy atom. The van der Waals surface area contributed by atoms with E-state index < -0.39 is 11.9 Å². The first-order valence-electron chi connectivity index (χ1n) is 5.74. The quantitative estimate of drug-likeness (QED) is 0.854. The van der Waals surface area contributed by atoms with Gasteiger partial charge in [0, 0.05) is 18.5 Å². The highest BCUT2D eigenvalue weighted by Crippen LogP contribution is 2.22. The highest BCUT2D eigenvalue weighted by atomic mass is 35.5. The number of aromatic nitrogens is 3. The molecule has 1 unspecified atom stereocenters. The number of halogens is 1. The van der Waals surface area contributed by atoms with Gasteiger partial charge in [0.25, 0.3) is 0 Å². The molecule has 0 saturated heterocycles. The maximum atomic E-state index is 11.4. The zero-order valence-corrected chi connectivity index (χ0v) is 11.1. The predicted molar refractivity (Wildman–Crippen MR) is 70.6 cm³/mol. The third-order valence-electron chi connectivity index (χ3n) is 2.97. The number of pyridine rings is 1. The minimum Gasteiger partial charge on any atom is -0.368 e. The molecule has 1 amide bonds. The Morgan fingerprint density at radius 3 is 2.94 bits per heavy atom. The number of carbonyl (C=O) groups is 1.